The van der Waals surface area contributed by atoms with Crippen molar-refractivity contribution in [3.05, 3.63) is 64.3 Å². The zero-order valence-electron chi connectivity index (χ0n) is 16.9. The molecule has 3 aromatic rings. The highest BCUT2D eigenvalue weighted by molar-refractivity contribution is 6.30. The Labute approximate surface area is 179 Å². The van der Waals surface area contributed by atoms with Crippen LogP contribution >= 0.6 is 11.6 Å². The maximum atomic E-state index is 13.2. The van der Waals surface area contributed by atoms with Crippen LogP contribution in [0.2, 0.25) is 5.02 Å². The van der Waals surface area contributed by atoms with Crippen LogP contribution in [0.1, 0.15) is 46.1 Å². The topological polar surface area (TPSA) is 101 Å². The Morgan fingerprint density at radius 3 is 2.67 bits per heavy atom. The summed E-state index contributed by atoms with van der Waals surface area (Å²) in [6.07, 6.45) is 3.28. The molecule has 1 amide bonds. The van der Waals surface area contributed by atoms with Gasteiger partial charge in [0.15, 0.2) is 17.8 Å². The molecule has 0 aliphatic heterocycles. The average Bonchev–Trinajstić information content (AvgIpc) is 3.17. The van der Waals surface area contributed by atoms with Crippen molar-refractivity contribution in [1.82, 2.24) is 20.2 Å². The second-order valence-corrected chi connectivity index (χ2v) is 7.64. The van der Waals surface area contributed by atoms with Gasteiger partial charge in [0.2, 0.25) is 0 Å². The quantitative estimate of drug-likeness (QED) is 0.548. The second-order valence-electron chi connectivity index (χ2n) is 7.20. The summed E-state index contributed by atoms with van der Waals surface area (Å²) < 4.78 is 5.92. The molecule has 9 heteroatoms. The van der Waals surface area contributed by atoms with Crippen LogP contribution < -0.4 is 9.64 Å². The van der Waals surface area contributed by atoms with Gasteiger partial charge in [0.1, 0.15) is 11.4 Å². The zero-order chi connectivity index (χ0) is 21.7. The smallest absolute Gasteiger partial charge is 0.280 e. The molecule has 0 unspecified atom stereocenters. The van der Waals surface area contributed by atoms with Gasteiger partial charge in [-0.2, -0.15) is 5.10 Å². The second kappa shape index (κ2) is 9.49. The molecule has 0 radical (unpaired) electrons. The molecule has 0 fully saturated rings. The Bertz CT molecular complexity index is 1030. The molecule has 30 heavy (non-hydrogen) atoms. The molecule has 8 nitrogen and oxygen atoms in total. The first-order valence-corrected chi connectivity index (χ1v) is 9.77. The number of anilines is 1. The monoisotopic (exact) mass is 427 g/mol. The summed E-state index contributed by atoms with van der Waals surface area (Å²) in [4.78, 5) is 33.8. The van der Waals surface area contributed by atoms with Crippen LogP contribution in [0.25, 0.3) is 0 Å². The molecule has 2 aromatic heterocycles. The Balaban J connectivity index is 1.99. The van der Waals surface area contributed by atoms with Gasteiger partial charge in [-0.25, -0.2) is 9.97 Å². The highest BCUT2D eigenvalue weighted by Crippen LogP contribution is 2.27. The van der Waals surface area contributed by atoms with Crippen molar-refractivity contribution < 1.29 is 14.3 Å². The number of nitrogens with one attached hydrogen (secondary N) is 1. The molecule has 0 spiro atoms. The van der Waals surface area contributed by atoms with E-state index in [1.165, 1.54) is 17.3 Å². The number of amides is 1. The van der Waals surface area contributed by atoms with Crippen LogP contribution in [0, 0.1) is 12.8 Å². The Kier molecular flexibility index (Phi) is 6.79. The van der Waals surface area contributed by atoms with Crippen molar-refractivity contribution in [3.8, 4) is 5.75 Å². The van der Waals surface area contributed by atoms with Gasteiger partial charge in [-0.05, 0) is 37.1 Å². The van der Waals surface area contributed by atoms with Crippen molar-refractivity contribution in [1.29, 1.82) is 0 Å². The molecule has 0 saturated carbocycles. The minimum Gasteiger partial charge on any atom is -0.493 e. The van der Waals surface area contributed by atoms with E-state index >= 15 is 0 Å². The standard InChI is InChI=1S/C21H22ClN5O3/c1-13(2)12-30-19-5-4-16(22)7-15(19)10-27(20-9-23-17(11-28)8-24-20)21(29)18-6-14(3)25-26-18/h4-9,11,13H,10,12H2,1-3H3,(H,25,26). The summed E-state index contributed by atoms with van der Waals surface area (Å²) >= 11 is 6.21. The number of carbonyl (C=O) groups is 2. The lowest BCUT2D eigenvalue weighted by Gasteiger charge is -2.22. The Hall–Kier alpha value is -3.26. The molecule has 156 valence electrons. The van der Waals surface area contributed by atoms with Crippen molar-refractivity contribution in [2.45, 2.75) is 27.3 Å². The fraction of sp³-hybridized carbons (Fsp3) is 0.286. The molecule has 2 heterocycles. The molecule has 0 atom stereocenters. The molecule has 0 saturated heterocycles. The molecule has 1 N–H and O–H groups in total. The van der Waals surface area contributed by atoms with E-state index in [-0.39, 0.29) is 29.7 Å². The predicted molar refractivity (Wildman–Crippen MR) is 113 cm³/mol. The van der Waals surface area contributed by atoms with Gasteiger partial charge in [-0.1, -0.05) is 25.4 Å². The number of ether oxygens (including phenoxy) is 1. The lowest BCUT2D eigenvalue weighted by Crippen LogP contribution is -2.32. The normalized spacial score (nSPS) is 10.8. The van der Waals surface area contributed by atoms with Crippen LogP contribution in [0.5, 0.6) is 5.75 Å². The van der Waals surface area contributed by atoms with E-state index in [2.05, 4.69) is 34.0 Å². The zero-order valence-corrected chi connectivity index (χ0v) is 17.7. The maximum Gasteiger partial charge on any atom is 0.280 e. The van der Waals surface area contributed by atoms with Crippen LogP contribution in [-0.2, 0) is 6.54 Å². The van der Waals surface area contributed by atoms with E-state index in [0.29, 0.717) is 35.1 Å². The Morgan fingerprint density at radius 2 is 2.07 bits per heavy atom. The number of carbonyl (C=O) groups excluding carboxylic acids is 2. The van der Waals surface area contributed by atoms with Crippen molar-refractivity contribution >= 4 is 29.6 Å². The lowest BCUT2D eigenvalue weighted by atomic mass is 10.1. The molecular formula is C21H22ClN5O3. The van der Waals surface area contributed by atoms with E-state index in [4.69, 9.17) is 16.3 Å². The minimum atomic E-state index is -0.373. The highest BCUT2D eigenvalue weighted by atomic mass is 35.5. The fourth-order valence-corrected chi connectivity index (χ4v) is 2.89. The van der Waals surface area contributed by atoms with E-state index < -0.39 is 0 Å². The summed E-state index contributed by atoms with van der Waals surface area (Å²) in [5.74, 6) is 0.866. The van der Waals surface area contributed by atoms with E-state index in [0.717, 1.165) is 5.69 Å². The molecular weight excluding hydrogens is 406 g/mol. The number of nitrogens with zero attached hydrogens (tertiary/aromatic N) is 4. The molecule has 0 aliphatic carbocycles. The number of rotatable bonds is 8. The van der Waals surface area contributed by atoms with Gasteiger partial charge in [-0.15, -0.1) is 0 Å². The largest absolute Gasteiger partial charge is 0.493 e. The van der Waals surface area contributed by atoms with Crippen molar-refractivity contribution in [2.75, 3.05) is 11.5 Å². The fourth-order valence-electron chi connectivity index (χ4n) is 2.69. The molecule has 0 aliphatic rings. The summed E-state index contributed by atoms with van der Waals surface area (Å²) in [5, 5.41) is 7.35. The molecule has 3 rings (SSSR count). The highest BCUT2D eigenvalue weighted by Gasteiger charge is 2.23. The van der Waals surface area contributed by atoms with Crippen LogP contribution in [-0.4, -0.2) is 39.0 Å². The number of aromatic nitrogens is 4. The van der Waals surface area contributed by atoms with E-state index in [9.17, 15) is 9.59 Å². The van der Waals surface area contributed by atoms with Gasteiger partial charge < -0.3 is 4.74 Å². The summed E-state index contributed by atoms with van der Waals surface area (Å²) in [7, 11) is 0. The minimum absolute atomic E-state index is 0.133. The SMILES string of the molecule is Cc1cc(C(=O)N(Cc2cc(Cl)ccc2OCC(C)C)c2cnc(C=O)cn2)n[nH]1. The first-order valence-electron chi connectivity index (χ1n) is 9.39. The number of halogens is 1. The summed E-state index contributed by atoms with van der Waals surface area (Å²) in [6, 6.07) is 6.92. The number of aryl methyl sites for hydroxylation is 1. The predicted octanol–water partition coefficient (Wildman–Crippen LogP) is 3.86. The van der Waals surface area contributed by atoms with Gasteiger partial charge in [0.05, 0.1) is 25.5 Å². The first-order chi connectivity index (χ1) is 14.4. The van der Waals surface area contributed by atoms with Gasteiger partial charge in [0, 0.05) is 16.3 Å². The maximum absolute atomic E-state index is 13.2. The van der Waals surface area contributed by atoms with Gasteiger partial charge in [0.25, 0.3) is 5.91 Å². The number of aldehydes is 1. The molecule has 1 aromatic carbocycles. The number of hydrogen-bond donors (Lipinski definition) is 1. The number of benzene rings is 1. The number of hydrogen-bond acceptors (Lipinski definition) is 6. The van der Waals surface area contributed by atoms with Crippen molar-refractivity contribution in [3.63, 3.8) is 0 Å². The van der Waals surface area contributed by atoms with Crippen LogP contribution in [0.3, 0.4) is 0 Å². The number of aromatic amines is 1. The van der Waals surface area contributed by atoms with Crippen LogP contribution in [0.4, 0.5) is 5.82 Å². The van der Waals surface area contributed by atoms with Gasteiger partial charge >= 0.3 is 0 Å². The lowest BCUT2D eigenvalue weighted by molar-refractivity contribution is 0.0979. The third-order valence-electron chi connectivity index (χ3n) is 4.15. The first kappa shape index (κ1) is 21.4. The van der Waals surface area contributed by atoms with Crippen LogP contribution in [0.15, 0.2) is 36.7 Å². The molecule has 0 bridgehead atoms. The Morgan fingerprint density at radius 1 is 1.27 bits per heavy atom. The summed E-state index contributed by atoms with van der Waals surface area (Å²) in [6.45, 7) is 6.56. The third-order valence-corrected chi connectivity index (χ3v) is 4.38. The third kappa shape index (κ3) is 5.21. The van der Waals surface area contributed by atoms with Gasteiger partial charge in [-0.3, -0.25) is 19.6 Å². The van der Waals surface area contributed by atoms with E-state index in [1.54, 1.807) is 24.3 Å². The number of H-pyrrole nitrogens is 1. The average molecular weight is 428 g/mol. The van der Waals surface area contributed by atoms with Crippen molar-refractivity contribution in [2.24, 2.45) is 5.92 Å². The van der Waals surface area contributed by atoms with E-state index in [1.807, 2.05) is 6.92 Å². The summed E-state index contributed by atoms with van der Waals surface area (Å²) in [5.41, 5.74) is 1.88.